The number of hydrogen-bond acceptors (Lipinski definition) is 1. The molecule has 2 nitrogen and oxygen atoms in total. The molecule has 0 aliphatic heterocycles. The Morgan fingerprint density at radius 2 is 0.765 bits per heavy atom. The molecule has 0 saturated heterocycles. The van der Waals surface area contributed by atoms with Crippen molar-refractivity contribution >= 4 is 5.97 Å². The summed E-state index contributed by atoms with van der Waals surface area (Å²) in [6.45, 7) is 14.3. The average molecular weight is 481 g/mol. The number of carboxylic acid groups (broad SMARTS) is 1. The van der Waals surface area contributed by atoms with Gasteiger partial charge < -0.3 is 5.11 Å². The fourth-order valence-electron chi connectivity index (χ4n) is 5.45. The van der Waals surface area contributed by atoms with Gasteiger partial charge in [-0.05, 0) is 36.0 Å². The first-order valence-corrected chi connectivity index (χ1v) is 15.5. The summed E-state index contributed by atoms with van der Waals surface area (Å²) in [6.07, 6.45) is 26.1. The summed E-state index contributed by atoms with van der Waals surface area (Å²) >= 11 is 0. The number of rotatable bonds is 25. The van der Waals surface area contributed by atoms with Gasteiger partial charge in [0.15, 0.2) is 0 Å². The van der Waals surface area contributed by atoms with Crippen molar-refractivity contribution in [3.8, 4) is 0 Å². The third kappa shape index (κ3) is 23.2. The number of aliphatic carboxylic acids is 1. The van der Waals surface area contributed by atoms with Gasteiger partial charge in [-0.1, -0.05) is 157 Å². The lowest BCUT2D eigenvalue weighted by molar-refractivity contribution is -0.137. The van der Waals surface area contributed by atoms with Gasteiger partial charge in [-0.3, -0.25) is 4.79 Å². The largest absolute Gasteiger partial charge is 0.481 e. The SMILES string of the molecule is CCCCCCCC(C)CCCC(C)CCCC(C)CCCC(C)CCCC(C)CCC(=O)O. The highest BCUT2D eigenvalue weighted by Gasteiger charge is 2.10. The van der Waals surface area contributed by atoms with E-state index in [-0.39, 0.29) is 0 Å². The minimum atomic E-state index is -0.655. The van der Waals surface area contributed by atoms with Crippen molar-refractivity contribution in [3.05, 3.63) is 0 Å². The van der Waals surface area contributed by atoms with Crippen LogP contribution in [0, 0.1) is 29.6 Å². The van der Waals surface area contributed by atoms with Crippen molar-refractivity contribution in [2.75, 3.05) is 0 Å². The van der Waals surface area contributed by atoms with Crippen LogP contribution in [0.2, 0.25) is 0 Å². The normalized spacial score (nSPS) is 16.2. The molecule has 5 unspecified atom stereocenters. The zero-order valence-corrected chi connectivity index (χ0v) is 24.4. The molecular weight excluding hydrogens is 416 g/mol. The third-order valence-electron chi connectivity index (χ3n) is 8.23. The second-order valence-corrected chi connectivity index (χ2v) is 12.4. The maximum atomic E-state index is 10.7. The first-order valence-electron chi connectivity index (χ1n) is 15.5. The topological polar surface area (TPSA) is 37.3 Å². The van der Waals surface area contributed by atoms with E-state index in [4.69, 9.17) is 5.11 Å². The van der Waals surface area contributed by atoms with Crippen LogP contribution in [0.4, 0.5) is 0 Å². The molecule has 34 heavy (non-hydrogen) atoms. The van der Waals surface area contributed by atoms with Gasteiger partial charge in [0.2, 0.25) is 0 Å². The standard InChI is InChI=1S/C32H64O2/c1-7-8-9-10-11-16-27(2)17-12-18-28(3)19-13-20-29(4)21-14-22-30(5)23-15-24-31(6)25-26-32(33)34/h27-31H,7-26H2,1-6H3,(H,33,34). The Kier molecular flexibility index (Phi) is 22.5. The molecule has 1 N–H and O–H groups in total. The predicted octanol–water partition coefficient (Wildman–Crippen LogP) is 11.1. The van der Waals surface area contributed by atoms with E-state index in [2.05, 4.69) is 41.5 Å². The summed E-state index contributed by atoms with van der Waals surface area (Å²) in [5, 5.41) is 8.79. The maximum absolute atomic E-state index is 10.7. The van der Waals surface area contributed by atoms with Gasteiger partial charge in [0.25, 0.3) is 0 Å². The second-order valence-electron chi connectivity index (χ2n) is 12.4. The molecule has 0 fully saturated rings. The first-order chi connectivity index (χ1) is 16.2. The van der Waals surface area contributed by atoms with Crippen LogP contribution in [0.1, 0.15) is 170 Å². The van der Waals surface area contributed by atoms with Crippen molar-refractivity contribution in [3.63, 3.8) is 0 Å². The van der Waals surface area contributed by atoms with Crippen molar-refractivity contribution in [1.29, 1.82) is 0 Å². The number of carboxylic acids is 1. The second kappa shape index (κ2) is 22.9. The monoisotopic (exact) mass is 480 g/mol. The van der Waals surface area contributed by atoms with Crippen LogP contribution < -0.4 is 0 Å². The predicted molar refractivity (Wildman–Crippen MR) is 151 cm³/mol. The smallest absolute Gasteiger partial charge is 0.303 e. The molecule has 0 aromatic heterocycles. The molecule has 0 spiro atoms. The average Bonchev–Trinajstić information content (AvgIpc) is 2.77. The summed E-state index contributed by atoms with van der Waals surface area (Å²) in [5.74, 6) is 3.42. The minimum Gasteiger partial charge on any atom is -0.481 e. The van der Waals surface area contributed by atoms with Crippen molar-refractivity contribution in [1.82, 2.24) is 0 Å². The van der Waals surface area contributed by atoms with Crippen LogP contribution in [0.3, 0.4) is 0 Å². The fourth-order valence-corrected chi connectivity index (χ4v) is 5.45. The van der Waals surface area contributed by atoms with Crippen LogP contribution in [0.15, 0.2) is 0 Å². The highest BCUT2D eigenvalue weighted by atomic mass is 16.4. The summed E-state index contributed by atoms with van der Waals surface area (Å²) in [7, 11) is 0. The Morgan fingerprint density at radius 1 is 0.471 bits per heavy atom. The molecule has 0 bridgehead atoms. The van der Waals surface area contributed by atoms with Gasteiger partial charge in [0.1, 0.15) is 0 Å². The zero-order chi connectivity index (χ0) is 25.6. The quantitative estimate of drug-likeness (QED) is 0.132. The maximum Gasteiger partial charge on any atom is 0.303 e. The number of hydrogen-bond donors (Lipinski definition) is 1. The molecular formula is C32H64O2. The van der Waals surface area contributed by atoms with Crippen molar-refractivity contribution < 1.29 is 9.90 Å². The van der Waals surface area contributed by atoms with Crippen LogP contribution in [0.25, 0.3) is 0 Å². The lowest BCUT2D eigenvalue weighted by Gasteiger charge is -2.17. The highest BCUT2D eigenvalue weighted by Crippen LogP contribution is 2.25. The van der Waals surface area contributed by atoms with Crippen LogP contribution in [0.5, 0.6) is 0 Å². The van der Waals surface area contributed by atoms with E-state index in [1.807, 2.05) is 0 Å². The van der Waals surface area contributed by atoms with E-state index >= 15 is 0 Å². The van der Waals surface area contributed by atoms with Crippen LogP contribution >= 0.6 is 0 Å². The molecule has 0 saturated carbocycles. The molecule has 0 amide bonds. The van der Waals surface area contributed by atoms with E-state index in [0.717, 1.165) is 30.1 Å². The van der Waals surface area contributed by atoms with E-state index in [9.17, 15) is 4.79 Å². The van der Waals surface area contributed by atoms with Gasteiger partial charge in [-0.15, -0.1) is 0 Å². The Labute approximate surface area is 215 Å². The van der Waals surface area contributed by atoms with Crippen molar-refractivity contribution in [2.24, 2.45) is 29.6 Å². The molecule has 0 aromatic carbocycles. The van der Waals surface area contributed by atoms with E-state index in [1.54, 1.807) is 0 Å². The van der Waals surface area contributed by atoms with Gasteiger partial charge in [0.05, 0.1) is 0 Å². The molecule has 0 aromatic rings. The molecule has 0 radical (unpaired) electrons. The third-order valence-corrected chi connectivity index (χ3v) is 8.23. The molecule has 204 valence electrons. The van der Waals surface area contributed by atoms with Gasteiger partial charge in [0, 0.05) is 6.42 Å². The van der Waals surface area contributed by atoms with Crippen LogP contribution in [-0.2, 0) is 4.79 Å². The molecule has 2 heteroatoms. The molecule has 0 aliphatic rings. The van der Waals surface area contributed by atoms with Gasteiger partial charge in [-0.25, -0.2) is 0 Å². The fraction of sp³-hybridized carbons (Fsp3) is 0.969. The Morgan fingerprint density at radius 3 is 1.09 bits per heavy atom. The highest BCUT2D eigenvalue weighted by molar-refractivity contribution is 5.66. The summed E-state index contributed by atoms with van der Waals surface area (Å²) in [6, 6.07) is 0. The van der Waals surface area contributed by atoms with E-state index in [1.165, 1.54) is 116 Å². The Balaban J connectivity index is 3.60. The van der Waals surface area contributed by atoms with E-state index in [0.29, 0.717) is 12.3 Å². The van der Waals surface area contributed by atoms with Gasteiger partial charge in [-0.2, -0.15) is 0 Å². The minimum absolute atomic E-state index is 0.325. The lowest BCUT2D eigenvalue weighted by atomic mass is 9.89. The Bertz CT molecular complexity index is 446. The van der Waals surface area contributed by atoms with Gasteiger partial charge >= 0.3 is 5.97 Å². The first kappa shape index (κ1) is 33.5. The Hall–Kier alpha value is -0.530. The molecule has 0 rings (SSSR count). The van der Waals surface area contributed by atoms with E-state index < -0.39 is 5.97 Å². The summed E-state index contributed by atoms with van der Waals surface area (Å²) in [5.41, 5.74) is 0. The summed E-state index contributed by atoms with van der Waals surface area (Å²) < 4.78 is 0. The lowest BCUT2D eigenvalue weighted by Crippen LogP contribution is -2.03. The molecule has 0 aliphatic carbocycles. The molecule has 0 heterocycles. The zero-order valence-electron chi connectivity index (χ0n) is 24.4. The number of unbranched alkanes of at least 4 members (excludes halogenated alkanes) is 4. The van der Waals surface area contributed by atoms with Crippen LogP contribution in [-0.4, -0.2) is 11.1 Å². The summed E-state index contributed by atoms with van der Waals surface area (Å²) in [4.78, 5) is 10.7. The molecule has 5 atom stereocenters. The van der Waals surface area contributed by atoms with Crippen molar-refractivity contribution in [2.45, 2.75) is 170 Å². The number of carbonyl (C=O) groups is 1.